The summed E-state index contributed by atoms with van der Waals surface area (Å²) < 4.78 is 10.5. The van der Waals surface area contributed by atoms with Crippen molar-refractivity contribution < 1.29 is 14.3 Å². The quantitative estimate of drug-likeness (QED) is 0.750. The highest BCUT2D eigenvalue weighted by Gasteiger charge is 2.12. The van der Waals surface area contributed by atoms with Crippen LogP contribution >= 0.6 is 0 Å². The minimum absolute atomic E-state index is 0.0140. The summed E-state index contributed by atoms with van der Waals surface area (Å²) >= 11 is 0. The second kappa shape index (κ2) is 6.65. The van der Waals surface area contributed by atoms with Gasteiger partial charge in [-0.2, -0.15) is 5.26 Å². The van der Waals surface area contributed by atoms with Gasteiger partial charge in [-0.25, -0.2) is 0 Å². The Balaban J connectivity index is 2.95. The van der Waals surface area contributed by atoms with Gasteiger partial charge in [0, 0.05) is 5.56 Å². The van der Waals surface area contributed by atoms with Gasteiger partial charge < -0.3 is 9.47 Å². The fraction of sp³-hybridized carbons (Fsp3) is 0.429. The molecule has 0 heterocycles. The molecule has 18 heavy (non-hydrogen) atoms. The Morgan fingerprint density at radius 3 is 2.72 bits per heavy atom. The van der Waals surface area contributed by atoms with Gasteiger partial charge in [-0.15, -0.1) is 0 Å². The molecule has 0 radical (unpaired) electrons. The highest BCUT2D eigenvalue weighted by Crippen LogP contribution is 2.22. The highest BCUT2D eigenvalue weighted by atomic mass is 16.5. The first-order chi connectivity index (χ1) is 8.56. The lowest BCUT2D eigenvalue weighted by Crippen LogP contribution is -2.12. The van der Waals surface area contributed by atoms with Crippen LogP contribution in [-0.4, -0.2) is 18.7 Å². The standard InChI is InChI=1S/C14H17NO3/c1-4-17-14(16)8-12-6-5-11(9-15)7-13(12)18-10(2)3/h5-7,10H,4,8H2,1-3H3. The Kier molecular flexibility index (Phi) is 5.19. The number of rotatable bonds is 5. The van der Waals surface area contributed by atoms with Crippen LogP contribution in [0.15, 0.2) is 18.2 Å². The zero-order valence-electron chi connectivity index (χ0n) is 10.9. The van der Waals surface area contributed by atoms with Gasteiger partial charge in [0.05, 0.1) is 30.8 Å². The summed E-state index contributed by atoms with van der Waals surface area (Å²) in [4.78, 5) is 11.5. The summed E-state index contributed by atoms with van der Waals surface area (Å²) in [6, 6.07) is 7.10. The number of hydrogen-bond acceptors (Lipinski definition) is 4. The number of carbonyl (C=O) groups excluding carboxylic acids is 1. The van der Waals surface area contributed by atoms with Gasteiger partial charge in [0.1, 0.15) is 5.75 Å². The summed E-state index contributed by atoms with van der Waals surface area (Å²) in [6.07, 6.45) is 0.140. The maximum atomic E-state index is 11.5. The predicted octanol–water partition coefficient (Wildman–Crippen LogP) is 2.45. The van der Waals surface area contributed by atoms with E-state index in [0.717, 1.165) is 5.56 Å². The van der Waals surface area contributed by atoms with Gasteiger partial charge in [-0.1, -0.05) is 6.07 Å². The van der Waals surface area contributed by atoms with Gasteiger partial charge in [0.15, 0.2) is 0 Å². The number of hydrogen-bond donors (Lipinski definition) is 0. The molecule has 0 atom stereocenters. The molecule has 1 rings (SSSR count). The summed E-state index contributed by atoms with van der Waals surface area (Å²) in [5, 5.41) is 8.86. The lowest BCUT2D eigenvalue weighted by Gasteiger charge is -2.14. The molecule has 0 saturated carbocycles. The minimum atomic E-state index is -0.296. The average Bonchev–Trinajstić information content (AvgIpc) is 2.31. The van der Waals surface area contributed by atoms with Crippen LogP contribution in [0.4, 0.5) is 0 Å². The fourth-order valence-corrected chi connectivity index (χ4v) is 1.50. The van der Waals surface area contributed by atoms with Crippen molar-refractivity contribution in [1.82, 2.24) is 0 Å². The molecule has 4 heteroatoms. The molecule has 0 bridgehead atoms. The summed E-state index contributed by atoms with van der Waals surface area (Å²) in [6.45, 7) is 5.91. The van der Waals surface area contributed by atoms with Crippen molar-refractivity contribution in [2.75, 3.05) is 6.61 Å². The van der Waals surface area contributed by atoms with E-state index in [1.165, 1.54) is 0 Å². The molecule has 1 aromatic rings. The Hall–Kier alpha value is -2.02. The Morgan fingerprint density at radius 1 is 1.44 bits per heavy atom. The molecule has 96 valence electrons. The van der Waals surface area contributed by atoms with E-state index >= 15 is 0 Å². The van der Waals surface area contributed by atoms with Crippen molar-refractivity contribution in [2.45, 2.75) is 33.3 Å². The van der Waals surface area contributed by atoms with Gasteiger partial charge in [0.25, 0.3) is 0 Å². The molecule has 0 amide bonds. The molecule has 0 saturated heterocycles. The molecule has 0 N–H and O–H groups in total. The maximum Gasteiger partial charge on any atom is 0.310 e. The molecule has 4 nitrogen and oxygen atoms in total. The van der Waals surface area contributed by atoms with E-state index in [9.17, 15) is 4.79 Å². The summed E-state index contributed by atoms with van der Waals surface area (Å²) in [7, 11) is 0. The third kappa shape index (κ3) is 4.10. The van der Waals surface area contributed by atoms with E-state index < -0.39 is 0 Å². The van der Waals surface area contributed by atoms with E-state index in [1.54, 1.807) is 25.1 Å². The minimum Gasteiger partial charge on any atom is -0.491 e. The van der Waals surface area contributed by atoms with Crippen molar-refractivity contribution >= 4 is 5.97 Å². The zero-order chi connectivity index (χ0) is 13.5. The van der Waals surface area contributed by atoms with Crippen molar-refractivity contribution in [1.29, 1.82) is 5.26 Å². The van der Waals surface area contributed by atoms with Crippen LogP contribution in [0.5, 0.6) is 5.75 Å². The maximum absolute atomic E-state index is 11.5. The Morgan fingerprint density at radius 2 is 2.17 bits per heavy atom. The second-order valence-corrected chi connectivity index (χ2v) is 4.08. The lowest BCUT2D eigenvalue weighted by molar-refractivity contribution is -0.142. The van der Waals surface area contributed by atoms with E-state index in [2.05, 4.69) is 6.07 Å². The van der Waals surface area contributed by atoms with Crippen molar-refractivity contribution in [2.24, 2.45) is 0 Å². The molecular weight excluding hydrogens is 230 g/mol. The zero-order valence-corrected chi connectivity index (χ0v) is 10.9. The number of carbonyl (C=O) groups is 1. The third-order valence-corrected chi connectivity index (χ3v) is 2.20. The third-order valence-electron chi connectivity index (χ3n) is 2.20. The topological polar surface area (TPSA) is 59.3 Å². The normalized spacial score (nSPS) is 9.94. The monoisotopic (exact) mass is 247 g/mol. The van der Waals surface area contributed by atoms with E-state index in [-0.39, 0.29) is 18.5 Å². The predicted molar refractivity (Wildman–Crippen MR) is 67.3 cm³/mol. The van der Waals surface area contributed by atoms with Crippen LogP contribution in [-0.2, 0) is 16.0 Å². The van der Waals surface area contributed by atoms with E-state index in [4.69, 9.17) is 14.7 Å². The lowest BCUT2D eigenvalue weighted by atomic mass is 10.1. The molecule has 0 aliphatic carbocycles. The van der Waals surface area contributed by atoms with Crippen LogP contribution in [0.1, 0.15) is 31.9 Å². The fourth-order valence-electron chi connectivity index (χ4n) is 1.50. The number of nitriles is 1. The first-order valence-electron chi connectivity index (χ1n) is 5.92. The Labute approximate surface area is 107 Å². The molecule has 0 aromatic heterocycles. The van der Waals surface area contributed by atoms with Crippen LogP contribution in [0.2, 0.25) is 0 Å². The first-order valence-corrected chi connectivity index (χ1v) is 5.92. The summed E-state index contributed by atoms with van der Waals surface area (Å²) in [5.74, 6) is 0.271. The van der Waals surface area contributed by atoms with Crippen LogP contribution in [0, 0.1) is 11.3 Å². The SMILES string of the molecule is CCOC(=O)Cc1ccc(C#N)cc1OC(C)C. The average molecular weight is 247 g/mol. The molecule has 0 aliphatic heterocycles. The molecule has 0 unspecified atom stereocenters. The van der Waals surface area contributed by atoms with Crippen LogP contribution in [0.3, 0.4) is 0 Å². The number of ether oxygens (including phenoxy) is 2. The van der Waals surface area contributed by atoms with Crippen molar-refractivity contribution in [3.05, 3.63) is 29.3 Å². The highest BCUT2D eigenvalue weighted by molar-refractivity contribution is 5.73. The van der Waals surface area contributed by atoms with E-state index in [0.29, 0.717) is 17.9 Å². The second-order valence-electron chi connectivity index (χ2n) is 4.08. The molecule has 0 spiro atoms. The van der Waals surface area contributed by atoms with Crippen LogP contribution in [0.25, 0.3) is 0 Å². The van der Waals surface area contributed by atoms with Gasteiger partial charge >= 0.3 is 5.97 Å². The number of esters is 1. The van der Waals surface area contributed by atoms with Gasteiger partial charge in [0.2, 0.25) is 0 Å². The van der Waals surface area contributed by atoms with Crippen molar-refractivity contribution in [3.8, 4) is 11.8 Å². The van der Waals surface area contributed by atoms with Gasteiger partial charge in [-0.05, 0) is 32.9 Å². The number of benzene rings is 1. The Bertz CT molecular complexity index is 461. The van der Waals surface area contributed by atoms with Crippen LogP contribution < -0.4 is 4.74 Å². The summed E-state index contributed by atoms with van der Waals surface area (Å²) in [5.41, 5.74) is 1.25. The molecule has 0 fully saturated rings. The molecule has 0 aliphatic rings. The molecule has 1 aromatic carbocycles. The molecular formula is C14H17NO3. The largest absolute Gasteiger partial charge is 0.491 e. The first kappa shape index (κ1) is 14.0. The number of nitrogens with zero attached hydrogens (tertiary/aromatic N) is 1. The smallest absolute Gasteiger partial charge is 0.310 e. The van der Waals surface area contributed by atoms with Gasteiger partial charge in [-0.3, -0.25) is 4.79 Å². The van der Waals surface area contributed by atoms with E-state index in [1.807, 2.05) is 13.8 Å². The van der Waals surface area contributed by atoms with Crippen molar-refractivity contribution in [3.63, 3.8) is 0 Å².